The van der Waals surface area contributed by atoms with Crippen LogP contribution in [0.15, 0.2) is 24.3 Å². The Labute approximate surface area is 110 Å². The highest BCUT2D eigenvalue weighted by Gasteiger charge is 2.19. The van der Waals surface area contributed by atoms with Crippen molar-refractivity contribution >= 4 is 10.5 Å². The van der Waals surface area contributed by atoms with Gasteiger partial charge in [-0.3, -0.25) is 0 Å². The molecule has 0 unspecified atom stereocenters. The lowest BCUT2D eigenvalue weighted by Crippen LogP contribution is -2.30. The highest BCUT2D eigenvalue weighted by Crippen LogP contribution is 2.14. The molecule has 3 nitrogen and oxygen atoms in total. The van der Waals surface area contributed by atoms with E-state index in [4.69, 9.17) is 0 Å². The van der Waals surface area contributed by atoms with Crippen LogP contribution in [-0.4, -0.2) is 26.7 Å². The Kier molecular flexibility index (Phi) is 6.49. The normalized spacial score (nSPS) is 11.9. The maximum Gasteiger partial charge on any atom is 0.267 e. The van der Waals surface area contributed by atoms with Gasteiger partial charge in [-0.1, -0.05) is 25.0 Å². The van der Waals surface area contributed by atoms with E-state index in [1.807, 2.05) is 6.07 Å². The second kappa shape index (κ2) is 7.63. The molecule has 0 radical (unpaired) electrons. The summed E-state index contributed by atoms with van der Waals surface area (Å²) in [5, 5.41) is 18.4. The van der Waals surface area contributed by atoms with Crippen LogP contribution in [-0.2, 0) is 10.8 Å². The predicted molar refractivity (Wildman–Crippen MR) is 71.4 cm³/mol. The van der Waals surface area contributed by atoms with Gasteiger partial charge < -0.3 is 14.6 Å². The van der Waals surface area contributed by atoms with Crippen molar-refractivity contribution in [3.63, 3.8) is 0 Å². The molecule has 1 aromatic rings. The van der Waals surface area contributed by atoms with Crippen molar-refractivity contribution in [3.8, 4) is 0 Å². The highest BCUT2D eigenvalue weighted by molar-refractivity contribution is 5.98. The summed E-state index contributed by atoms with van der Waals surface area (Å²) in [7, 11) is 0.314. The van der Waals surface area contributed by atoms with Crippen LogP contribution in [0, 0.1) is 5.82 Å². The zero-order valence-electron chi connectivity index (χ0n) is 10.7. The van der Waals surface area contributed by atoms with Gasteiger partial charge in [-0.15, -0.1) is 0 Å². The summed E-state index contributed by atoms with van der Waals surface area (Å²) in [4.78, 5) is 0. The van der Waals surface area contributed by atoms with Crippen LogP contribution in [0.2, 0.25) is 0 Å². The van der Waals surface area contributed by atoms with Crippen molar-refractivity contribution in [2.75, 3.05) is 0 Å². The van der Waals surface area contributed by atoms with Crippen molar-refractivity contribution in [2.24, 2.45) is 0 Å². The van der Waals surface area contributed by atoms with E-state index < -0.39 is 5.97 Å². The van der Waals surface area contributed by atoms with Gasteiger partial charge in [0, 0.05) is 6.42 Å². The molecule has 1 aromatic carbocycles. The summed E-state index contributed by atoms with van der Waals surface area (Å²) >= 11 is 0. The molecule has 5 heteroatoms. The number of aryl methyl sites for hydroxylation is 1. The molecular formula is C13H21FO3Si. The molecule has 0 spiro atoms. The first-order valence-corrected chi connectivity index (χ1v) is 7.09. The van der Waals surface area contributed by atoms with Gasteiger partial charge in [0.1, 0.15) is 5.82 Å². The summed E-state index contributed by atoms with van der Waals surface area (Å²) < 4.78 is 17.5. The summed E-state index contributed by atoms with van der Waals surface area (Å²) in [6.07, 6.45) is 4.72. The third-order valence-corrected chi connectivity index (χ3v) is 3.59. The second-order valence-corrected chi connectivity index (χ2v) is 4.90. The minimum absolute atomic E-state index is 0.192. The Morgan fingerprint density at radius 2 is 1.89 bits per heavy atom. The average molecular weight is 272 g/mol. The van der Waals surface area contributed by atoms with Crippen LogP contribution in [0.25, 0.3) is 0 Å². The molecule has 18 heavy (non-hydrogen) atoms. The van der Waals surface area contributed by atoms with E-state index in [1.54, 1.807) is 12.1 Å². The van der Waals surface area contributed by atoms with E-state index in [9.17, 15) is 14.6 Å². The molecule has 0 atom stereocenters. The molecule has 1 rings (SSSR count). The third kappa shape index (κ3) is 6.25. The zero-order chi connectivity index (χ0) is 13.4. The number of unbranched alkanes of at least 4 members (excludes halogenated alkanes) is 3. The Bertz CT molecular complexity index is 358. The number of benzene rings is 1. The molecule has 0 aliphatic carbocycles. The topological polar surface area (TPSA) is 49.7 Å². The van der Waals surface area contributed by atoms with Crippen molar-refractivity contribution in [1.82, 2.24) is 0 Å². The van der Waals surface area contributed by atoms with Gasteiger partial charge in [0.05, 0.1) is 0 Å². The fourth-order valence-electron chi connectivity index (χ4n) is 1.83. The zero-order valence-corrected chi connectivity index (χ0v) is 12.7. The molecule has 0 saturated carbocycles. The number of hydrogen-bond acceptors (Lipinski definition) is 3. The SMILES string of the molecule is OC(O)(CCCCCCc1cccc(F)c1)O[SiH3]. The molecule has 0 saturated heterocycles. The minimum atomic E-state index is -1.94. The lowest BCUT2D eigenvalue weighted by molar-refractivity contribution is -0.295. The molecule has 0 amide bonds. The van der Waals surface area contributed by atoms with E-state index >= 15 is 0 Å². The van der Waals surface area contributed by atoms with Gasteiger partial charge in [0.15, 0.2) is 10.5 Å². The van der Waals surface area contributed by atoms with Crippen LogP contribution in [0.1, 0.15) is 37.7 Å². The van der Waals surface area contributed by atoms with Gasteiger partial charge in [-0.25, -0.2) is 4.39 Å². The maximum absolute atomic E-state index is 12.9. The molecule has 102 valence electrons. The fourth-order valence-corrected chi connectivity index (χ4v) is 2.04. The Morgan fingerprint density at radius 1 is 1.17 bits per heavy atom. The van der Waals surface area contributed by atoms with E-state index in [0.29, 0.717) is 10.5 Å². The van der Waals surface area contributed by atoms with E-state index in [2.05, 4.69) is 4.43 Å². The van der Waals surface area contributed by atoms with Gasteiger partial charge in [0.2, 0.25) is 0 Å². The first-order valence-electron chi connectivity index (χ1n) is 6.28. The van der Waals surface area contributed by atoms with Gasteiger partial charge in [-0.2, -0.15) is 0 Å². The Morgan fingerprint density at radius 3 is 2.56 bits per heavy atom. The first-order chi connectivity index (χ1) is 8.53. The fraction of sp³-hybridized carbons (Fsp3) is 0.538. The molecule has 0 aliphatic heterocycles. The summed E-state index contributed by atoms with van der Waals surface area (Å²) in [6.45, 7) is 0. The number of rotatable bonds is 8. The summed E-state index contributed by atoms with van der Waals surface area (Å²) in [5.74, 6) is -2.13. The van der Waals surface area contributed by atoms with Gasteiger partial charge in [-0.05, 0) is 37.0 Å². The minimum Gasteiger partial charge on any atom is -0.381 e. The Hall–Kier alpha value is -0.753. The van der Waals surface area contributed by atoms with E-state index in [-0.39, 0.29) is 12.2 Å². The molecule has 2 N–H and O–H groups in total. The van der Waals surface area contributed by atoms with E-state index in [1.165, 1.54) is 6.07 Å². The van der Waals surface area contributed by atoms with Crippen LogP contribution in [0.3, 0.4) is 0 Å². The Balaban J connectivity index is 2.09. The number of hydrogen-bond donors (Lipinski definition) is 2. The first kappa shape index (κ1) is 15.3. The van der Waals surface area contributed by atoms with Crippen molar-refractivity contribution in [2.45, 2.75) is 44.5 Å². The largest absolute Gasteiger partial charge is 0.381 e. The second-order valence-electron chi connectivity index (χ2n) is 4.49. The number of halogens is 1. The number of aliphatic hydroxyl groups is 2. The van der Waals surface area contributed by atoms with Gasteiger partial charge >= 0.3 is 0 Å². The quantitative estimate of drug-likeness (QED) is 0.425. The summed E-state index contributed by atoms with van der Waals surface area (Å²) in [6, 6.07) is 6.64. The molecular weight excluding hydrogens is 251 g/mol. The van der Waals surface area contributed by atoms with Crippen LogP contribution in [0.5, 0.6) is 0 Å². The molecule has 0 aliphatic rings. The molecule has 0 heterocycles. The molecule has 0 bridgehead atoms. The standard InChI is InChI=1S/C13H21FO3Si/c14-12-8-5-7-11(10-12)6-3-1-2-4-9-13(15,16)17-18/h5,7-8,10,15-16H,1-4,6,9H2,18H3. The van der Waals surface area contributed by atoms with E-state index in [0.717, 1.165) is 37.7 Å². The lowest BCUT2D eigenvalue weighted by Gasteiger charge is -2.19. The van der Waals surface area contributed by atoms with Crippen molar-refractivity contribution in [3.05, 3.63) is 35.6 Å². The summed E-state index contributed by atoms with van der Waals surface area (Å²) in [5.41, 5.74) is 1.01. The van der Waals surface area contributed by atoms with Crippen molar-refractivity contribution < 1.29 is 19.0 Å². The monoisotopic (exact) mass is 272 g/mol. The van der Waals surface area contributed by atoms with Gasteiger partial charge in [0.25, 0.3) is 5.97 Å². The average Bonchev–Trinajstić information content (AvgIpc) is 2.34. The molecule has 0 aromatic heterocycles. The van der Waals surface area contributed by atoms with Crippen molar-refractivity contribution in [1.29, 1.82) is 0 Å². The van der Waals surface area contributed by atoms with Crippen LogP contribution < -0.4 is 0 Å². The maximum atomic E-state index is 12.9. The molecule has 0 fully saturated rings. The highest BCUT2D eigenvalue weighted by atomic mass is 28.2. The lowest BCUT2D eigenvalue weighted by atomic mass is 10.1. The van der Waals surface area contributed by atoms with Crippen LogP contribution >= 0.6 is 0 Å². The predicted octanol–water partition coefficient (Wildman–Crippen LogP) is 1.25. The third-order valence-electron chi connectivity index (χ3n) is 2.93. The van der Waals surface area contributed by atoms with Crippen LogP contribution in [0.4, 0.5) is 4.39 Å². The smallest absolute Gasteiger partial charge is 0.267 e.